The second-order valence-electron chi connectivity index (χ2n) is 16.9. The van der Waals surface area contributed by atoms with Gasteiger partial charge in [0, 0.05) is 60.3 Å². The average molecular weight is 958 g/mol. The van der Waals surface area contributed by atoms with Gasteiger partial charge in [0.1, 0.15) is 30.2 Å². The summed E-state index contributed by atoms with van der Waals surface area (Å²) in [5, 5.41) is 25.1. The van der Waals surface area contributed by atoms with Gasteiger partial charge in [0.2, 0.25) is 29.5 Å². The number of H-pyrrole nitrogens is 2. The van der Waals surface area contributed by atoms with Crippen LogP contribution in [0.4, 0.5) is 0 Å². The van der Waals surface area contributed by atoms with Crippen LogP contribution >= 0.6 is 0 Å². The molecule has 22 N–H and O–H groups in total. The molecule has 6 atom stereocenters. The van der Waals surface area contributed by atoms with Gasteiger partial charge < -0.3 is 81.8 Å². The van der Waals surface area contributed by atoms with Gasteiger partial charge in [-0.3, -0.25) is 38.9 Å². The van der Waals surface area contributed by atoms with Crippen molar-refractivity contribution in [3.05, 3.63) is 72.1 Å². The summed E-state index contributed by atoms with van der Waals surface area (Å²) in [4.78, 5) is 101. The van der Waals surface area contributed by atoms with Crippen LogP contribution in [0, 0.1) is 5.92 Å². The minimum atomic E-state index is -1.35. The van der Waals surface area contributed by atoms with E-state index in [9.17, 15) is 33.9 Å². The molecule has 5 amide bonds. The second kappa shape index (κ2) is 26.4. The molecular formula is C45H67N17O7. The Morgan fingerprint density at radius 2 is 0.928 bits per heavy atom. The van der Waals surface area contributed by atoms with Gasteiger partial charge in [0.25, 0.3) is 0 Å². The Morgan fingerprint density at radius 3 is 1.38 bits per heavy atom. The molecule has 2 aromatic carbocycles. The van der Waals surface area contributed by atoms with Crippen molar-refractivity contribution in [1.29, 1.82) is 0 Å². The highest BCUT2D eigenvalue weighted by Gasteiger charge is 2.34. The lowest BCUT2D eigenvalue weighted by Gasteiger charge is -2.28. The lowest BCUT2D eigenvalue weighted by molar-refractivity contribution is -0.142. The van der Waals surface area contributed by atoms with Crippen LogP contribution in [0.1, 0.15) is 63.5 Å². The van der Waals surface area contributed by atoms with E-state index in [1.165, 1.54) is 0 Å². The van der Waals surface area contributed by atoms with Crippen LogP contribution in [0.15, 0.2) is 75.9 Å². The number of aliphatic imine (C=N–C) groups is 3. The van der Waals surface area contributed by atoms with Crippen molar-refractivity contribution >= 4 is 75.2 Å². The van der Waals surface area contributed by atoms with Crippen LogP contribution < -0.4 is 66.7 Å². The molecule has 2 aromatic heterocycles. The molecule has 0 spiro atoms. The zero-order chi connectivity index (χ0) is 50.6. The van der Waals surface area contributed by atoms with E-state index in [1.54, 1.807) is 26.2 Å². The van der Waals surface area contributed by atoms with Crippen molar-refractivity contribution in [3.8, 4) is 0 Å². The Morgan fingerprint density at radius 1 is 0.536 bits per heavy atom. The molecule has 0 unspecified atom stereocenters. The van der Waals surface area contributed by atoms with Gasteiger partial charge in [-0.15, -0.1) is 0 Å². The molecule has 0 aliphatic heterocycles. The number of nitrogens with zero attached hydrogens (tertiary/aromatic N) is 3. The number of nitrogens with one attached hydrogen (secondary N) is 7. The zero-order valence-corrected chi connectivity index (χ0v) is 38.9. The predicted octanol–water partition coefficient (Wildman–Crippen LogP) is -1.91. The number of para-hydroxylation sites is 2. The summed E-state index contributed by atoms with van der Waals surface area (Å²) >= 11 is 0. The number of guanidine groups is 3. The minimum absolute atomic E-state index is 0.0194. The van der Waals surface area contributed by atoms with E-state index in [4.69, 9.17) is 40.1 Å². The van der Waals surface area contributed by atoms with E-state index in [1.807, 2.05) is 48.5 Å². The maximum Gasteiger partial charge on any atom is 0.326 e. The number of rotatable bonds is 28. The molecule has 0 aliphatic carbocycles. The SMILES string of the molecule is CC(C)[C@H](NC(=O)[C@H](Cc1c[nH]c2ccccc12)NC(=O)[C@H](CCCN=C(N)N)NC(=O)[C@@H](N)Cc1c[nH]c2ccccc12)C(=O)N[C@@H](CCCN=C(N)N)C(=O)N[C@@H](CCCN=C(N)N)C(=O)O. The molecule has 2 heterocycles. The van der Waals surface area contributed by atoms with Gasteiger partial charge >= 0.3 is 5.97 Å². The molecule has 0 bridgehead atoms. The number of amides is 5. The highest BCUT2D eigenvalue weighted by Crippen LogP contribution is 2.21. The van der Waals surface area contributed by atoms with Gasteiger partial charge in [0.05, 0.1) is 6.04 Å². The number of fused-ring (bicyclic) bond motifs is 2. The number of hydrogen-bond donors (Lipinski definition) is 15. The average Bonchev–Trinajstić information content (AvgIpc) is 3.91. The largest absolute Gasteiger partial charge is 0.480 e. The number of hydrogen-bond acceptors (Lipinski definition) is 10. The van der Waals surface area contributed by atoms with E-state index < -0.39 is 77.7 Å². The molecule has 24 heteroatoms. The Labute approximate surface area is 398 Å². The smallest absolute Gasteiger partial charge is 0.326 e. The lowest BCUT2D eigenvalue weighted by atomic mass is 9.99. The van der Waals surface area contributed by atoms with E-state index in [2.05, 4.69) is 51.5 Å². The summed E-state index contributed by atoms with van der Waals surface area (Å²) in [6.07, 6.45) is 4.27. The topological polar surface area (TPSA) is 434 Å². The van der Waals surface area contributed by atoms with Gasteiger partial charge in [-0.05, 0) is 74.1 Å². The van der Waals surface area contributed by atoms with E-state index in [0.29, 0.717) is 5.56 Å². The fourth-order valence-corrected chi connectivity index (χ4v) is 7.54. The third kappa shape index (κ3) is 17.0. The first kappa shape index (κ1) is 53.7. The van der Waals surface area contributed by atoms with Gasteiger partial charge in [0.15, 0.2) is 17.9 Å². The van der Waals surface area contributed by atoms with Crippen LogP contribution in [0.3, 0.4) is 0 Å². The predicted molar refractivity (Wildman–Crippen MR) is 264 cm³/mol. The first-order chi connectivity index (χ1) is 32.8. The molecule has 4 rings (SSSR count). The third-order valence-electron chi connectivity index (χ3n) is 11.1. The molecule has 0 aliphatic rings. The molecular weight excluding hydrogens is 891 g/mol. The lowest BCUT2D eigenvalue weighted by Crippen LogP contribution is -2.60. The molecule has 0 saturated heterocycles. The van der Waals surface area contributed by atoms with Crippen molar-refractivity contribution in [2.75, 3.05) is 19.6 Å². The van der Waals surface area contributed by atoms with Crippen molar-refractivity contribution in [3.63, 3.8) is 0 Å². The maximum atomic E-state index is 14.5. The number of carboxylic acid groups (broad SMARTS) is 1. The first-order valence-electron chi connectivity index (χ1n) is 22.6. The maximum absolute atomic E-state index is 14.5. The quantitative estimate of drug-likeness (QED) is 0.0168. The number of carboxylic acids is 1. The van der Waals surface area contributed by atoms with E-state index in [0.717, 1.165) is 27.4 Å². The molecule has 374 valence electrons. The molecule has 0 fully saturated rings. The zero-order valence-electron chi connectivity index (χ0n) is 38.9. The fourth-order valence-electron chi connectivity index (χ4n) is 7.54. The van der Waals surface area contributed by atoms with Crippen molar-refractivity contribution in [2.45, 2.75) is 101 Å². The Hall–Kier alpha value is -7.89. The highest BCUT2D eigenvalue weighted by molar-refractivity contribution is 5.97. The number of benzene rings is 2. The summed E-state index contributed by atoms with van der Waals surface area (Å²) in [5.74, 6) is -6.09. The second-order valence-corrected chi connectivity index (χ2v) is 16.9. The Kier molecular flexibility index (Phi) is 20.6. The van der Waals surface area contributed by atoms with Crippen molar-refractivity contribution in [2.24, 2.45) is 61.0 Å². The van der Waals surface area contributed by atoms with Gasteiger partial charge in [-0.25, -0.2) is 4.79 Å². The molecule has 0 radical (unpaired) electrons. The summed E-state index contributed by atoms with van der Waals surface area (Å²) in [6.45, 7) is 3.69. The van der Waals surface area contributed by atoms with Crippen LogP contribution in [0.2, 0.25) is 0 Å². The highest BCUT2D eigenvalue weighted by atomic mass is 16.4. The number of carbonyl (C=O) groups is 6. The minimum Gasteiger partial charge on any atom is -0.480 e. The molecule has 0 saturated carbocycles. The first-order valence-corrected chi connectivity index (χ1v) is 22.6. The fraction of sp³-hybridized carbons (Fsp3) is 0.444. The summed E-state index contributed by atoms with van der Waals surface area (Å²) < 4.78 is 0. The van der Waals surface area contributed by atoms with Crippen LogP contribution in [-0.2, 0) is 41.6 Å². The number of nitrogens with two attached hydrogens (primary N) is 7. The Balaban J connectivity index is 1.59. The Bertz CT molecular complexity index is 2470. The van der Waals surface area contributed by atoms with E-state index in [-0.39, 0.29) is 88.9 Å². The van der Waals surface area contributed by atoms with Crippen molar-refractivity contribution in [1.82, 2.24) is 36.6 Å². The number of aromatic amines is 2. The number of carbonyl (C=O) groups excluding carboxylic acids is 5. The molecule has 4 aromatic rings. The normalized spacial score (nSPS) is 13.7. The standard InChI is InChI=1S/C45H67N17O7/c1-24(2)36(41(67)59-33(15-8-18-54-44(49)50)38(64)60-34(42(68)69)16-9-19-55-45(51)52)62-40(66)35(21-26-23-57-31-13-6-4-11-28(26)31)61-39(65)32(14-7-17-53-43(47)48)58-37(63)29(46)20-25-22-56-30-12-5-3-10-27(25)30/h3-6,10-13,22-24,29,32-36,56-57H,7-9,14-21,46H2,1-2H3,(H,58,63)(H,59,67)(H,60,64)(H,61,65)(H,62,66)(H,68,69)(H4,47,48,53)(H4,49,50,54)(H4,51,52,55)/t29-,32-,33-,34-,35-,36-/m0/s1. The summed E-state index contributed by atoms with van der Waals surface area (Å²) in [7, 11) is 0. The van der Waals surface area contributed by atoms with Crippen LogP contribution in [0.5, 0.6) is 0 Å². The number of aromatic nitrogens is 2. The van der Waals surface area contributed by atoms with Crippen LogP contribution in [0.25, 0.3) is 21.8 Å². The van der Waals surface area contributed by atoms with Gasteiger partial charge in [-0.1, -0.05) is 50.2 Å². The monoisotopic (exact) mass is 958 g/mol. The van der Waals surface area contributed by atoms with Crippen molar-refractivity contribution < 1.29 is 33.9 Å². The van der Waals surface area contributed by atoms with Crippen LogP contribution in [-0.4, -0.2) is 124 Å². The third-order valence-corrected chi connectivity index (χ3v) is 11.1. The van der Waals surface area contributed by atoms with E-state index >= 15 is 0 Å². The number of aliphatic carboxylic acids is 1. The molecule has 24 nitrogen and oxygen atoms in total. The summed E-state index contributed by atoms with van der Waals surface area (Å²) in [6, 6.07) is 7.40. The summed E-state index contributed by atoms with van der Waals surface area (Å²) in [5.41, 5.74) is 42.3. The molecule has 69 heavy (non-hydrogen) atoms. The van der Waals surface area contributed by atoms with Gasteiger partial charge in [-0.2, -0.15) is 0 Å².